The normalized spacial score (nSPS) is 18.4. The van der Waals surface area contributed by atoms with E-state index in [1.165, 1.54) is 12.1 Å². The average molecular weight is 417 g/mol. The number of amides is 4. The molecule has 4 amide bonds. The lowest BCUT2D eigenvalue weighted by molar-refractivity contribution is -0.146. The molecular formula is C21H27N3O6. The van der Waals surface area contributed by atoms with Gasteiger partial charge < -0.3 is 15.4 Å². The maximum Gasteiger partial charge on any atom is 0.326 e. The van der Waals surface area contributed by atoms with E-state index in [1.807, 2.05) is 13.8 Å². The number of rotatable bonds is 9. The van der Waals surface area contributed by atoms with Crippen molar-refractivity contribution in [3.05, 3.63) is 29.8 Å². The minimum atomic E-state index is -1.04. The number of carbonyl (C=O) groups is 5. The van der Waals surface area contributed by atoms with Gasteiger partial charge in [-0.15, -0.1) is 0 Å². The van der Waals surface area contributed by atoms with Gasteiger partial charge in [-0.1, -0.05) is 20.8 Å². The van der Waals surface area contributed by atoms with Gasteiger partial charge in [-0.2, -0.15) is 0 Å². The molecule has 0 spiro atoms. The zero-order chi connectivity index (χ0) is 22.5. The van der Waals surface area contributed by atoms with Gasteiger partial charge in [-0.25, -0.2) is 4.79 Å². The molecule has 9 heteroatoms. The van der Waals surface area contributed by atoms with Crippen LogP contribution in [0.5, 0.6) is 0 Å². The number of nitrogens with one attached hydrogen (secondary N) is 2. The fraction of sp³-hybridized carbons (Fsp3) is 0.476. The van der Waals surface area contributed by atoms with Crippen molar-refractivity contribution in [2.45, 2.75) is 46.1 Å². The number of nitrogens with zero attached hydrogens (tertiary/aromatic N) is 1. The van der Waals surface area contributed by atoms with Gasteiger partial charge in [-0.05, 0) is 43.5 Å². The van der Waals surface area contributed by atoms with E-state index >= 15 is 0 Å². The Bertz CT molecular complexity index is 849. The van der Waals surface area contributed by atoms with E-state index in [2.05, 4.69) is 10.6 Å². The molecular weight excluding hydrogens is 390 g/mol. The molecule has 1 unspecified atom stereocenters. The molecule has 1 aliphatic heterocycles. The van der Waals surface area contributed by atoms with Crippen LogP contribution in [0.2, 0.25) is 0 Å². The van der Waals surface area contributed by atoms with Crippen molar-refractivity contribution in [3.63, 3.8) is 0 Å². The van der Waals surface area contributed by atoms with Crippen molar-refractivity contribution in [1.82, 2.24) is 10.2 Å². The SMILES string of the molecule is CCC1(C)NC(=O)N(CC(=O)OCC(=O)c2ccc(NC(=O)CC(C)C)cc2)C1=O. The Morgan fingerprint density at radius 2 is 1.80 bits per heavy atom. The van der Waals surface area contributed by atoms with Gasteiger partial charge in [0.1, 0.15) is 12.1 Å². The molecule has 0 aromatic heterocycles. The van der Waals surface area contributed by atoms with Crippen LogP contribution in [0, 0.1) is 5.92 Å². The smallest absolute Gasteiger partial charge is 0.326 e. The number of hydrogen-bond donors (Lipinski definition) is 2. The fourth-order valence-corrected chi connectivity index (χ4v) is 2.86. The molecule has 30 heavy (non-hydrogen) atoms. The predicted molar refractivity (Wildman–Crippen MR) is 109 cm³/mol. The van der Waals surface area contributed by atoms with Crippen molar-refractivity contribution in [2.24, 2.45) is 5.92 Å². The maximum atomic E-state index is 12.3. The first kappa shape index (κ1) is 23.1. The highest BCUT2D eigenvalue weighted by Crippen LogP contribution is 2.20. The number of carbonyl (C=O) groups excluding carboxylic acids is 5. The molecule has 1 aromatic rings. The summed E-state index contributed by atoms with van der Waals surface area (Å²) in [6.07, 6.45) is 0.779. The quantitative estimate of drug-likeness (QED) is 0.361. The second-order valence-corrected chi connectivity index (χ2v) is 7.81. The summed E-state index contributed by atoms with van der Waals surface area (Å²) in [6.45, 7) is 6.13. The first-order valence-electron chi connectivity index (χ1n) is 9.78. The van der Waals surface area contributed by atoms with Crippen LogP contribution >= 0.6 is 0 Å². The fourth-order valence-electron chi connectivity index (χ4n) is 2.86. The molecule has 2 N–H and O–H groups in total. The second kappa shape index (κ2) is 9.51. The highest BCUT2D eigenvalue weighted by Gasteiger charge is 2.47. The lowest BCUT2D eigenvalue weighted by Gasteiger charge is -2.18. The van der Waals surface area contributed by atoms with E-state index in [1.54, 1.807) is 26.0 Å². The minimum Gasteiger partial charge on any atom is -0.456 e. The summed E-state index contributed by atoms with van der Waals surface area (Å²) in [5.41, 5.74) is -0.176. The van der Waals surface area contributed by atoms with Gasteiger partial charge in [0, 0.05) is 17.7 Å². The highest BCUT2D eigenvalue weighted by molar-refractivity contribution is 6.08. The summed E-state index contributed by atoms with van der Waals surface area (Å²) < 4.78 is 4.93. The number of esters is 1. The number of benzene rings is 1. The molecule has 162 valence electrons. The molecule has 1 saturated heterocycles. The minimum absolute atomic E-state index is 0.113. The number of imide groups is 1. The van der Waals surface area contributed by atoms with Crippen LogP contribution in [0.1, 0.15) is 50.9 Å². The number of ketones is 1. The monoisotopic (exact) mass is 417 g/mol. The van der Waals surface area contributed by atoms with Crippen molar-refractivity contribution < 1.29 is 28.7 Å². The standard InChI is InChI=1S/C21H27N3O6/c1-5-21(4)19(28)24(20(29)23-21)11-18(27)30-12-16(25)14-6-8-15(9-7-14)22-17(26)10-13(2)3/h6-9,13H,5,10-12H2,1-4H3,(H,22,26)(H,23,29). The number of Topliss-reactive ketones (excluding diaryl/α,β-unsaturated/α-hetero) is 1. The van der Waals surface area contributed by atoms with Gasteiger partial charge >= 0.3 is 12.0 Å². The van der Waals surface area contributed by atoms with E-state index in [4.69, 9.17) is 4.74 Å². The van der Waals surface area contributed by atoms with E-state index in [9.17, 15) is 24.0 Å². The molecule has 1 aromatic carbocycles. The van der Waals surface area contributed by atoms with Crippen molar-refractivity contribution >= 4 is 35.3 Å². The summed E-state index contributed by atoms with van der Waals surface area (Å²) in [4.78, 5) is 60.9. The van der Waals surface area contributed by atoms with Crippen molar-refractivity contribution in [3.8, 4) is 0 Å². The molecule has 1 atom stereocenters. The molecule has 1 aliphatic rings. The molecule has 1 heterocycles. The van der Waals surface area contributed by atoms with Crippen LogP contribution in [0.15, 0.2) is 24.3 Å². The Kier molecular flexibility index (Phi) is 7.31. The average Bonchev–Trinajstić information content (AvgIpc) is 2.89. The van der Waals surface area contributed by atoms with Crippen LogP contribution < -0.4 is 10.6 Å². The molecule has 9 nitrogen and oxygen atoms in total. The molecule has 0 aliphatic carbocycles. The number of anilines is 1. The number of ether oxygens (including phenoxy) is 1. The van der Waals surface area contributed by atoms with Gasteiger partial charge in [0.2, 0.25) is 5.91 Å². The Morgan fingerprint density at radius 3 is 2.33 bits per heavy atom. The zero-order valence-electron chi connectivity index (χ0n) is 17.6. The third kappa shape index (κ3) is 5.65. The van der Waals surface area contributed by atoms with Crippen LogP contribution in [-0.2, 0) is 19.1 Å². The third-order valence-electron chi connectivity index (χ3n) is 4.79. The van der Waals surface area contributed by atoms with Crippen molar-refractivity contribution in [2.75, 3.05) is 18.5 Å². The van der Waals surface area contributed by atoms with Gasteiger partial charge in [0.05, 0.1) is 0 Å². The van der Waals surface area contributed by atoms with Crippen LogP contribution in [0.25, 0.3) is 0 Å². The highest BCUT2D eigenvalue weighted by atomic mass is 16.5. The Labute approximate surface area is 175 Å². The Balaban J connectivity index is 1.85. The van der Waals surface area contributed by atoms with Crippen LogP contribution in [-0.4, -0.2) is 53.2 Å². The van der Waals surface area contributed by atoms with E-state index in [-0.39, 0.29) is 11.8 Å². The zero-order valence-corrected chi connectivity index (χ0v) is 17.6. The first-order chi connectivity index (χ1) is 14.1. The molecule has 1 fully saturated rings. The van der Waals surface area contributed by atoms with Gasteiger partial charge in [-0.3, -0.25) is 24.1 Å². The molecule has 2 rings (SSSR count). The molecule has 0 radical (unpaired) electrons. The van der Waals surface area contributed by atoms with Crippen LogP contribution in [0.3, 0.4) is 0 Å². The Morgan fingerprint density at radius 1 is 1.17 bits per heavy atom. The maximum absolute atomic E-state index is 12.3. The van der Waals surface area contributed by atoms with Gasteiger partial charge in [0.25, 0.3) is 5.91 Å². The second-order valence-electron chi connectivity index (χ2n) is 7.81. The van der Waals surface area contributed by atoms with Crippen molar-refractivity contribution in [1.29, 1.82) is 0 Å². The first-order valence-corrected chi connectivity index (χ1v) is 9.78. The summed E-state index contributed by atoms with van der Waals surface area (Å²) in [6, 6.07) is 5.55. The third-order valence-corrected chi connectivity index (χ3v) is 4.79. The lowest BCUT2D eigenvalue weighted by atomic mass is 9.99. The number of urea groups is 1. The Hall–Kier alpha value is -3.23. The number of hydrogen-bond acceptors (Lipinski definition) is 6. The van der Waals surface area contributed by atoms with E-state index in [0.29, 0.717) is 24.1 Å². The van der Waals surface area contributed by atoms with E-state index < -0.39 is 42.4 Å². The summed E-state index contributed by atoms with van der Waals surface area (Å²) in [5, 5.41) is 5.28. The summed E-state index contributed by atoms with van der Waals surface area (Å²) in [5.74, 6) is -1.69. The summed E-state index contributed by atoms with van der Waals surface area (Å²) in [7, 11) is 0. The van der Waals surface area contributed by atoms with Gasteiger partial charge in [0.15, 0.2) is 12.4 Å². The summed E-state index contributed by atoms with van der Waals surface area (Å²) >= 11 is 0. The van der Waals surface area contributed by atoms with E-state index in [0.717, 1.165) is 4.90 Å². The molecule has 0 bridgehead atoms. The largest absolute Gasteiger partial charge is 0.456 e. The van der Waals surface area contributed by atoms with Crippen LogP contribution in [0.4, 0.5) is 10.5 Å². The lowest BCUT2D eigenvalue weighted by Crippen LogP contribution is -2.43. The topological polar surface area (TPSA) is 122 Å². The molecule has 0 saturated carbocycles. The predicted octanol–water partition coefficient (Wildman–Crippen LogP) is 2.12.